The van der Waals surface area contributed by atoms with Crippen molar-refractivity contribution < 1.29 is 13.9 Å². The van der Waals surface area contributed by atoms with Crippen molar-refractivity contribution in [1.29, 1.82) is 0 Å². The molecule has 24 heavy (non-hydrogen) atoms. The molecule has 3 rings (SSSR count). The van der Waals surface area contributed by atoms with Gasteiger partial charge in [-0.3, -0.25) is 4.90 Å². The highest BCUT2D eigenvalue weighted by molar-refractivity contribution is 5.85. The van der Waals surface area contributed by atoms with Gasteiger partial charge in [0.2, 0.25) is 5.82 Å². The minimum absolute atomic E-state index is 0. The zero-order valence-electron chi connectivity index (χ0n) is 13.6. The maximum Gasteiger partial charge on any atom is 0.200 e. The van der Waals surface area contributed by atoms with Crippen LogP contribution >= 0.6 is 24.8 Å². The van der Waals surface area contributed by atoms with Gasteiger partial charge >= 0.3 is 0 Å². The van der Waals surface area contributed by atoms with Crippen LogP contribution in [0, 0.1) is 17.6 Å². The van der Waals surface area contributed by atoms with Crippen LogP contribution in [0.25, 0.3) is 0 Å². The molecule has 0 aromatic heterocycles. The quantitative estimate of drug-likeness (QED) is 0.827. The molecule has 0 amide bonds. The Bertz CT molecular complexity index is 504. The molecule has 1 saturated carbocycles. The van der Waals surface area contributed by atoms with E-state index in [4.69, 9.17) is 0 Å². The van der Waals surface area contributed by atoms with Crippen LogP contribution in [0.5, 0.6) is 5.75 Å². The van der Waals surface area contributed by atoms with Crippen LogP contribution in [0.4, 0.5) is 8.78 Å². The number of benzene rings is 1. The Morgan fingerprint density at radius 3 is 2.29 bits per heavy atom. The molecule has 2 N–H and O–H groups in total. The highest BCUT2D eigenvalue weighted by atomic mass is 35.5. The maximum atomic E-state index is 13.8. The molecular formula is C17H26Cl2F2N2O. The minimum Gasteiger partial charge on any atom is -0.505 e. The lowest BCUT2D eigenvalue weighted by Gasteiger charge is -2.41. The van der Waals surface area contributed by atoms with Gasteiger partial charge in [-0.15, -0.1) is 24.8 Å². The average molecular weight is 383 g/mol. The normalized spacial score (nSPS) is 20.8. The summed E-state index contributed by atoms with van der Waals surface area (Å²) in [5.74, 6) is -2.20. The van der Waals surface area contributed by atoms with E-state index < -0.39 is 17.4 Å². The van der Waals surface area contributed by atoms with Crippen molar-refractivity contribution in [3.8, 4) is 5.75 Å². The van der Waals surface area contributed by atoms with Crippen molar-refractivity contribution in [2.45, 2.75) is 38.1 Å². The monoisotopic (exact) mass is 382 g/mol. The molecule has 1 saturated heterocycles. The van der Waals surface area contributed by atoms with Gasteiger partial charge in [-0.2, -0.15) is 4.39 Å². The first-order valence-electron chi connectivity index (χ1n) is 8.30. The molecule has 2 fully saturated rings. The Labute approximate surface area is 154 Å². The van der Waals surface area contributed by atoms with E-state index in [9.17, 15) is 13.9 Å². The highest BCUT2D eigenvalue weighted by Crippen LogP contribution is 2.42. The number of rotatable bonds is 3. The van der Waals surface area contributed by atoms with Crippen LogP contribution in [0.1, 0.15) is 43.7 Å². The molecule has 1 aliphatic carbocycles. The summed E-state index contributed by atoms with van der Waals surface area (Å²) in [4.78, 5) is 2.32. The lowest BCUT2D eigenvalue weighted by molar-refractivity contribution is 0.101. The SMILES string of the molecule is Cl.Cl.Oc1c([C@H](C2CCCCC2)N2CCNCC2)ccc(F)c1F. The first kappa shape index (κ1) is 21.4. The molecule has 138 valence electrons. The second-order valence-corrected chi connectivity index (χ2v) is 6.43. The van der Waals surface area contributed by atoms with Crippen LogP contribution in [-0.2, 0) is 0 Å². The number of phenols is 1. The smallest absolute Gasteiger partial charge is 0.200 e. The first-order chi connectivity index (χ1) is 10.7. The van der Waals surface area contributed by atoms with Gasteiger partial charge < -0.3 is 10.4 Å². The number of nitrogens with zero attached hydrogens (tertiary/aromatic N) is 1. The largest absolute Gasteiger partial charge is 0.505 e. The Morgan fingerprint density at radius 2 is 1.67 bits per heavy atom. The fourth-order valence-electron chi connectivity index (χ4n) is 3.95. The Hall–Kier alpha value is -0.620. The van der Waals surface area contributed by atoms with Gasteiger partial charge in [0.25, 0.3) is 0 Å². The molecule has 0 radical (unpaired) electrons. The highest BCUT2D eigenvalue weighted by Gasteiger charge is 2.33. The van der Waals surface area contributed by atoms with Gasteiger partial charge in [-0.05, 0) is 24.8 Å². The first-order valence-corrected chi connectivity index (χ1v) is 8.30. The molecule has 0 spiro atoms. The molecule has 1 heterocycles. The van der Waals surface area contributed by atoms with Crippen molar-refractivity contribution in [2.24, 2.45) is 5.92 Å². The van der Waals surface area contributed by atoms with E-state index >= 15 is 0 Å². The van der Waals surface area contributed by atoms with Crippen molar-refractivity contribution in [2.75, 3.05) is 26.2 Å². The van der Waals surface area contributed by atoms with Gasteiger partial charge in [0.05, 0.1) is 0 Å². The van der Waals surface area contributed by atoms with E-state index in [1.807, 2.05) is 0 Å². The van der Waals surface area contributed by atoms with Crippen LogP contribution in [0.15, 0.2) is 12.1 Å². The van der Waals surface area contributed by atoms with E-state index in [0.29, 0.717) is 11.5 Å². The molecule has 1 atom stereocenters. The number of phenolic OH excluding ortho intramolecular Hbond substituents is 1. The van der Waals surface area contributed by atoms with Crippen LogP contribution < -0.4 is 5.32 Å². The third kappa shape index (κ3) is 4.51. The second-order valence-electron chi connectivity index (χ2n) is 6.43. The van der Waals surface area contributed by atoms with Crippen molar-refractivity contribution in [3.63, 3.8) is 0 Å². The summed E-state index contributed by atoms with van der Waals surface area (Å²) in [6.45, 7) is 3.54. The summed E-state index contributed by atoms with van der Waals surface area (Å²) < 4.78 is 27.2. The molecule has 2 aliphatic rings. The Balaban J connectivity index is 0.00000144. The summed E-state index contributed by atoms with van der Waals surface area (Å²) in [5.41, 5.74) is 0.549. The van der Waals surface area contributed by atoms with Crippen molar-refractivity contribution >= 4 is 24.8 Å². The lowest BCUT2D eigenvalue weighted by atomic mass is 9.80. The number of hydrogen-bond acceptors (Lipinski definition) is 3. The molecule has 0 bridgehead atoms. The van der Waals surface area contributed by atoms with Gasteiger partial charge in [0.15, 0.2) is 11.6 Å². The average Bonchev–Trinajstić information content (AvgIpc) is 2.57. The summed E-state index contributed by atoms with van der Waals surface area (Å²) in [5, 5.41) is 13.5. The predicted octanol–water partition coefficient (Wildman–Crippen LogP) is 4.04. The van der Waals surface area contributed by atoms with Crippen LogP contribution in [0.2, 0.25) is 0 Å². The Morgan fingerprint density at radius 1 is 1.04 bits per heavy atom. The standard InChI is InChI=1S/C17H24F2N2O.2ClH/c18-14-7-6-13(17(22)15(14)19)16(12-4-2-1-3-5-12)21-10-8-20-9-11-21;;/h6-7,12,16,20,22H,1-5,8-11H2;2*1H/t16-;;/m0../s1. The van der Waals surface area contributed by atoms with Crippen molar-refractivity contribution in [1.82, 2.24) is 10.2 Å². The number of piperazine rings is 1. The number of hydrogen-bond donors (Lipinski definition) is 2. The number of aromatic hydroxyl groups is 1. The van der Waals surface area contributed by atoms with E-state index in [2.05, 4.69) is 10.2 Å². The van der Waals surface area contributed by atoms with Gasteiger partial charge in [0, 0.05) is 37.8 Å². The van der Waals surface area contributed by atoms with E-state index in [-0.39, 0.29) is 30.9 Å². The Kier molecular flexibility index (Phi) is 8.71. The molecule has 1 aromatic rings. The van der Waals surface area contributed by atoms with E-state index in [1.165, 1.54) is 19.3 Å². The summed E-state index contributed by atoms with van der Waals surface area (Å²) in [7, 11) is 0. The molecule has 1 aromatic carbocycles. The van der Waals surface area contributed by atoms with Crippen LogP contribution in [0.3, 0.4) is 0 Å². The second kappa shape index (κ2) is 9.76. The topological polar surface area (TPSA) is 35.5 Å². The third-order valence-corrected chi connectivity index (χ3v) is 5.06. The fraction of sp³-hybridized carbons (Fsp3) is 0.647. The van der Waals surface area contributed by atoms with Crippen molar-refractivity contribution in [3.05, 3.63) is 29.3 Å². The molecular weight excluding hydrogens is 357 g/mol. The minimum atomic E-state index is -1.12. The summed E-state index contributed by atoms with van der Waals surface area (Å²) in [6, 6.07) is 2.69. The van der Waals surface area contributed by atoms with Crippen LogP contribution in [-0.4, -0.2) is 36.2 Å². The van der Waals surface area contributed by atoms with E-state index in [0.717, 1.165) is 45.1 Å². The zero-order valence-corrected chi connectivity index (χ0v) is 15.3. The molecule has 3 nitrogen and oxygen atoms in total. The lowest BCUT2D eigenvalue weighted by Crippen LogP contribution is -2.47. The fourth-order valence-corrected chi connectivity index (χ4v) is 3.95. The third-order valence-electron chi connectivity index (χ3n) is 5.06. The number of halogens is 4. The summed E-state index contributed by atoms with van der Waals surface area (Å²) in [6.07, 6.45) is 5.78. The van der Waals surface area contributed by atoms with E-state index in [1.54, 1.807) is 6.07 Å². The molecule has 1 aliphatic heterocycles. The predicted molar refractivity (Wildman–Crippen MR) is 96.3 cm³/mol. The van der Waals surface area contributed by atoms with Gasteiger partial charge in [-0.1, -0.05) is 25.3 Å². The zero-order chi connectivity index (χ0) is 15.5. The maximum absolute atomic E-state index is 13.8. The number of nitrogens with one attached hydrogen (secondary N) is 1. The molecule has 0 unspecified atom stereocenters. The molecule has 7 heteroatoms. The van der Waals surface area contributed by atoms with Gasteiger partial charge in [-0.25, -0.2) is 4.39 Å². The summed E-state index contributed by atoms with van der Waals surface area (Å²) >= 11 is 0. The van der Waals surface area contributed by atoms with Gasteiger partial charge in [0.1, 0.15) is 0 Å².